The van der Waals surface area contributed by atoms with Gasteiger partial charge in [-0.15, -0.1) is 0 Å². The highest BCUT2D eigenvalue weighted by atomic mass is 127. The van der Waals surface area contributed by atoms with Crippen LogP contribution in [0.1, 0.15) is 13.8 Å². The van der Waals surface area contributed by atoms with Gasteiger partial charge in [-0.3, -0.25) is 0 Å². The van der Waals surface area contributed by atoms with Crippen LogP contribution in [-0.4, -0.2) is 15.1 Å². The number of nitrogens with zero attached hydrogens (tertiary/aromatic N) is 2. The average molecular weight is 479 g/mol. The number of hydrogen-bond acceptors (Lipinski definition) is 1. The minimum Gasteiger partial charge on any atom is -0.385 e. The zero-order chi connectivity index (χ0) is 19.5. The molecule has 0 spiro atoms. The van der Waals surface area contributed by atoms with Crippen molar-refractivity contribution in [1.82, 2.24) is 4.40 Å². The van der Waals surface area contributed by atoms with Gasteiger partial charge in [-0.25, -0.2) is 0 Å². The van der Waals surface area contributed by atoms with E-state index in [1.54, 1.807) is 0 Å². The van der Waals surface area contributed by atoms with Crippen LogP contribution in [-0.2, 0) is 0 Å². The fraction of sp³-hybridized carbons (Fsp3) is 0.125. The fourth-order valence-electron chi connectivity index (χ4n) is 3.99. The van der Waals surface area contributed by atoms with Gasteiger partial charge in [-0.1, -0.05) is 42.5 Å². The lowest BCUT2D eigenvalue weighted by Gasteiger charge is -2.15. The van der Waals surface area contributed by atoms with Crippen molar-refractivity contribution in [3.05, 3.63) is 84.2 Å². The van der Waals surface area contributed by atoms with Gasteiger partial charge in [0.25, 0.3) is 0 Å². The summed E-state index contributed by atoms with van der Waals surface area (Å²) in [5.74, 6) is 0. The quantitative estimate of drug-likeness (QED) is 0.292. The average Bonchev–Trinajstić information content (AvgIpc) is 3.20. The Balaban J connectivity index is 2.16. The number of aliphatic hydroxyl groups is 1. The van der Waals surface area contributed by atoms with Crippen LogP contribution in [0.15, 0.2) is 78.9 Å². The van der Waals surface area contributed by atoms with Gasteiger partial charge in [0.05, 0.1) is 14.6 Å². The lowest BCUT2D eigenvalue weighted by molar-refractivity contribution is -0.537. The predicted molar refractivity (Wildman–Crippen MR) is 123 cm³/mol. The molecule has 0 aliphatic heterocycles. The molecule has 0 unspecified atom stereocenters. The molecule has 138 valence electrons. The Morgan fingerprint density at radius 3 is 2.18 bits per heavy atom. The highest BCUT2D eigenvalue weighted by molar-refractivity contribution is 14.1. The number of benzene rings is 3. The Kier molecular flexibility index (Phi) is 3.96. The molecule has 0 aliphatic rings. The maximum atomic E-state index is 10.8. The van der Waals surface area contributed by atoms with Crippen molar-refractivity contribution in [2.45, 2.75) is 19.4 Å². The van der Waals surface area contributed by atoms with Crippen molar-refractivity contribution < 1.29 is 9.67 Å². The molecular weight excluding hydrogens is 459 g/mol. The van der Waals surface area contributed by atoms with E-state index in [4.69, 9.17) is 0 Å². The highest BCUT2D eigenvalue weighted by Crippen LogP contribution is 2.28. The molecule has 5 aromatic rings. The summed E-state index contributed by atoms with van der Waals surface area (Å²) in [5.41, 5.74) is 3.60. The Bertz CT molecular complexity index is 1390. The van der Waals surface area contributed by atoms with Gasteiger partial charge in [0.2, 0.25) is 0 Å². The molecule has 3 nitrogen and oxygen atoms in total. The molecule has 2 aromatic heterocycles. The summed E-state index contributed by atoms with van der Waals surface area (Å²) in [7, 11) is 0. The van der Waals surface area contributed by atoms with Crippen molar-refractivity contribution in [2.75, 3.05) is 0 Å². The van der Waals surface area contributed by atoms with E-state index in [1.807, 2.05) is 19.9 Å². The number of para-hydroxylation sites is 3. The molecule has 28 heavy (non-hydrogen) atoms. The van der Waals surface area contributed by atoms with Crippen LogP contribution in [0.25, 0.3) is 36.7 Å². The molecule has 0 aliphatic carbocycles. The Morgan fingerprint density at radius 1 is 0.857 bits per heavy atom. The van der Waals surface area contributed by atoms with Crippen LogP contribution in [0.4, 0.5) is 0 Å². The van der Waals surface area contributed by atoms with Crippen LogP contribution in [0.5, 0.6) is 0 Å². The number of rotatable bonds is 2. The van der Waals surface area contributed by atoms with Crippen LogP contribution in [0, 0.1) is 0 Å². The molecule has 4 heteroatoms. The minimum absolute atomic E-state index is 0.923. The minimum atomic E-state index is -0.923. The Morgan fingerprint density at radius 2 is 1.46 bits per heavy atom. The van der Waals surface area contributed by atoms with Crippen LogP contribution in [0.3, 0.4) is 0 Å². The topological polar surface area (TPSA) is 28.5 Å². The molecule has 0 atom stereocenters. The summed E-state index contributed by atoms with van der Waals surface area (Å²) in [5, 5.41) is 14.2. The van der Waals surface area contributed by atoms with Gasteiger partial charge < -0.3 is 5.11 Å². The third kappa shape index (κ3) is 2.48. The van der Waals surface area contributed by atoms with Crippen LogP contribution >= 0.6 is 22.6 Å². The van der Waals surface area contributed by atoms with Crippen molar-refractivity contribution >= 4 is 53.6 Å². The normalized spacial score (nSPS) is 13.6. The lowest BCUT2D eigenvalue weighted by Crippen LogP contribution is -2.30. The van der Waals surface area contributed by atoms with Crippen molar-refractivity contribution in [3.8, 4) is 5.69 Å². The molecule has 0 amide bonds. The standard InChI is InChI=1S/C24H20IN2O/c1-24(2,28)22(25)21-17-12-6-7-13-18(17)23-26(16-10-4-3-5-11-16)19-14-8-9-15-20(19)27(21)23/h3-15,28H,1-2H3/q+1/b22-21+. The van der Waals surface area contributed by atoms with E-state index < -0.39 is 5.60 Å². The van der Waals surface area contributed by atoms with E-state index in [0.29, 0.717) is 0 Å². The first-order valence-corrected chi connectivity index (χ1v) is 10.4. The third-order valence-electron chi connectivity index (χ3n) is 5.19. The summed E-state index contributed by atoms with van der Waals surface area (Å²) in [6.45, 7) is 3.69. The first-order valence-electron chi connectivity index (χ1n) is 9.32. The second-order valence-corrected chi connectivity index (χ2v) is 8.66. The molecule has 0 fully saturated rings. The molecule has 0 radical (unpaired) electrons. The predicted octanol–water partition coefficient (Wildman–Crippen LogP) is 4.56. The molecule has 0 saturated carbocycles. The first-order chi connectivity index (χ1) is 13.5. The lowest BCUT2D eigenvalue weighted by atomic mass is 10.1. The Labute approximate surface area is 176 Å². The zero-order valence-electron chi connectivity index (χ0n) is 15.7. The van der Waals surface area contributed by atoms with Gasteiger partial charge in [0, 0.05) is 5.39 Å². The van der Waals surface area contributed by atoms with Gasteiger partial charge in [-0.05, 0) is 72.8 Å². The molecule has 1 N–H and O–H groups in total. The summed E-state index contributed by atoms with van der Waals surface area (Å²) < 4.78 is 5.54. The summed E-state index contributed by atoms with van der Waals surface area (Å²) in [4.78, 5) is 0. The number of halogens is 1. The Hall–Kier alpha value is -2.44. The van der Waals surface area contributed by atoms with Crippen molar-refractivity contribution in [1.29, 1.82) is 0 Å². The molecule has 0 bridgehead atoms. The molecular formula is C24H20IN2O+. The van der Waals surface area contributed by atoms with E-state index in [9.17, 15) is 5.11 Å². The van der Waals surface area contributed by atoms with Gasteiger partial charge in [0.1, 0.15) is 5.69 Å². The molecule has 5 rings (SSSR count). The summed E-state index contributed by atoms with van der Waals surface area (Å²) >= 11 is 2.30. The second-order valence-electron chi connectivity index (χ2n) is 7.59. The van der Waals surface area contributed by atoms with Gasteiger partial charge >= 0.3 is 5.65 Å². The van der Waals surface area contributed by atoms with E-state index in [1.165, 1.54) is 5.39 Å². The summed E-state index contributed by atoms with van der Waals surface area (Å²) in [6, 6.07) is 27.4. The van der Waals surface area contributed by atoms with Gasteiger partial charge in [0.15, 0.2) is 16.4 Å². The van der Waals surface area contributed by atoms with Crippen molar-refractivity contribution in [3.63, 3.8) is 0 Å². The maximum absolute atomic E-state index is 10.8. The monoisotopic (exact) mass is 479 g/mol. The van der Waals surface area contributed by atoms with Gasteiger partial charge in [-0.2, -0.15) is 8.97 Å². The van der Waals surface area contributed by atoms with E-state index in [0.717, 1.165) is 36.7 Å². The first kappa shape index (κ1) is 17.6. The number of fused-ring (bicyclic) bond motifs is 5. The van der Waals surface area contributed by atoms with E-state index in [2.05, 4.69) is 104 Å². The van der Waals surface area contributed by atoms with Crippen LogP contribution < -0.4 is 9.92 Å². The molecule has 2 heterocycles. The third-order valence-corrected chi connectivity index (χ3v) is 7.02. The molecule has 3 aromatic carbocycles. The van der Waals surface area contributed by atoms with Crippen LogP contribution in [0.2, 0.25) is 0 Å². The number of aromatic nitrogens is 2. The maximum Gasteiger partial charge on any atom is 0.301 e. The van der Waals surface area contributed by atoms with E-state index in [-0.39, 0.29) is 0 Å². The van der Waals surface area contributed by atoms with Crippen molar-refractivity contribution in [2.24, 2.45) is 0 Å². The highest BCUT2D eigenvalue weighted by Gasteiger charge is 2.30. The molecule has 0 saturated heterocycles. The van der Waals surface area contributed by atoms with E-state index >= 15 is 0 Å². The smallest absolute Gasteiger partial charge is 0.301 e. The fourth-order valence-corrected chi connectivity index (χ4v) is 4.52. The number of imidazole rings is 1. The second kappa shape index (κ2) is 6.29. The zero-order valence-corrected chi connectivity index (χ0v) is 17.9. The SMILES string of the molecule is CC(C)(O)/C(I)=c1/c2ccccc2c2n1c1ccccc1[n+]2-c1ccccc1. The summed E-state index contributed by atoms with van der Waals surface area (Å²) in [6.07, 6.45) is 0. The largest absolute Gasteiger partial charge is 0.385 e. The number of hydrogen-bond donors (Lipinski definition) is 1.